The number of nitrogens with zero attached hydrogens (tertiary/aromatic N) is 3. The molecule has 0 amide bonds. The van der Waals surface area contributed by atoms with Gasteiger partial charge in [-0.25, -0.2) is 19.6 Å². The Morgan fingerprint density at radius 3 is 2.49 bits per heavy atom. The Morgan fingerprint density at radius 1 is 1.06 bits per heavy atom. The van der Waals surface area contributed by atoms with Crippen molar-refractivity contribution in [2.45, 2.75) is 13.8 Å². The second-order valence-corrected chi connectivity index (χ2v) is 8.11. The molecule has 0 aliphatic rings. The maximum atomic E-state index is 12.4. The van der Waals surface area contributed by atoms with Gasteiger partial charge < -0.3 is 14.5 Å². The Labute approximate surface area is 204 Å². The average Bonchev–Trinajstić information content (AvgIpc) is 2.85. The Kier molecular flexibility index (Phi) is 5.96. The molecule has 176 valence electrons. The van der Waals surface area contributed by atoms with E-state index in [-0.39, 0.29) is 24.4 Å². The summed E-state index contributed by atoms with van der Waals surface area (Å²) in [6.07, 6.45) is 1.15. The number of halogens is 1. The van der Waals surface area contributed by atoms with E-state index in [0.717, 1.165) is 33.4 Å². The van der Waals surface area contributed by atoms with Gasteiger partial charge in [-0.05, 0) is 49.6 Å². The number of H-pyrrole nitrogens is 1. The third-order valence-electron chi connectivity index (χ3n) is 5.53. The van der Waals surface area contributed by atoms with Crippen LogP contribution in [0.4, 0.5) is 0 Å². The molecule has 2 heterocycles. The molecule has 0 atom stereocenters. The molecule has 0 aliphatic carbocycles. The van der Waals surface area contributed by atoms with E-state index in [0.29, 0.717) is 16.2 Å². The molecule has 1 N–H and O–H groups in total. The zero-order valence-electron chi connectivity index (χ0n) is 19.0. The minimum atomic E-state index is -0.813. The zero-order valence-corrected chi connectivity index (χ0v) is 19.8. The third-order valence-corrected chi connectivity index (χ3v) is 5.77. The van der Waals surface area contributed by atoms with Gasteiger partial charge in [-0.3, -0.25) is 4.40 Å². The Morgan fingerprint density at radius 2 is 1.77 bits per heavy atom. The number of carbonyl (C=O) groups is 2. The van der Waals surface area contributed by atoms with Gasteiger partial charge in [0.15, 0.2) is 5.57 Å². The summed E-state index contributed by atoms with van der Waals surface area (Å²) in [7, 11) is 0. The lowest BCUT2D eigenvalue weighted by atomic mass is 10.1. The Balaban J connectivity index is 1.91. The molecule has 0 fully saturated rings. The van der Waals surface area contributed by atoms with Crippen LogP contribution in [0.5, 0.6) is 0 Å². The standard InChI is InChI=1S/C26H21ClN4O4/c1-3-34-24(32)18(25(33)35-4-2)14-28-26-30-19-12-11-16(27)13-17(19)23-29-20-9-5-7-15-8-6-10-21(22(15)20)31(23)26/h5-14,29H,3-4H2,1-2H3. The van der Waals surface area contributed by atoms with Crippen molar-refractivity contribution in [2.75, 3.05) is 13.2 Å². The van der Waals surface area contributed by atoms with Gasteiger partial charge in [0.2, 0.25) is 5.62 Å². The number of esters is 2. The highest BCUT2D eigenvalue weighted by atomic mass is 35.5. The lowest BCUT2D eigenvalue weighted by Gasteiger charge is -2.13. The summed E-state index contributed by atoms with van der Waals surface area (Å²) in [5.74, 6) is -1.63. The molecular formula is C26H21ClN4O4. The number of aromatic amines is 1. The Bertz CT molecular complexity index is 1710. The van der Waals surface area contributed by atoms with Gasteiger partial charge in [-0.2, -0.15) is 0 Å². The number of ether oxygens (including phenoxy) is 2. The van der Waals surface area contributed by atoms with Crippen molar-refractivity contribution >= 4 is 61.9 Å². The van der Waals surface area contributed by atoms with Gasteiger partial charge in [0.05, 0.1) is 30.4 Å². The molecule has 2 aromatic heterocycles. The fourth-order valence-corrected chi connectivity index (χ4v) is 4.25. The van der Waals surface area contributed by atoms with Crippen LogP contribution < -0.4 is 5.62 Å². The number of fused-ring (bicyclic) bond motifs is 4. The van der Waals surface area contributed by atoms with Crippen molar-refractivity contribution in [3.63, 3.8) is 0 Å². The molecule has 0 saturated heterocycles. The largest absolute Gasteiger partial charge is 0.462 e. The predicted octanol–water partition coefficient (Wildman–Crippen LogP) is 4.69. The van der Waals surface area contributed by atoms with E-state index in [2.05, 4.69) is 9.98 Å². The van der Waals surface area contributed by atoms with Crippen LogP contribution in [-0.2, 0) is 19.1 Å². The number of benzene rings is 3. The van der Waals surface area contributed by atoms with Crippen molar-refractivity contribution in [1.82, 2.24) is 14.4 Å². The summed E-state index contributed by atoms with van der Waals surface area (Å²) in [6.45, 7) is 3.53. The van der Waals surface area contributed by atoms with E-state index < -0.39 is 11.9 Å². The maximum absolute atomic E-state index is 12.4. The summed E-state index contributed by atoms with van der Waals surface area (Å²) in [4.78, 5) is 37.5. The van der Waals surface area contributed by atoms with Gasteiger partial charge in [0, 0.05) is 21.3 Å². The molecule has 9 heteroatoms. The molecule has 5 aromatic rings. The second kappa shape index (κ2) is 9.23. The lowest BCUT2D eigenvalue weighted by molar-refractivity contribution is -0.146. The van der Waals surface area contributed by atoms with Crippen LogP contribution in [0.1, 0.15) is 13.8 Å². The van der Waals surface area contributed by atoms with E-state index in [9.17, 15) is 9.59 Å². The first-order valence-corrected chi connectivity index (χ1v) is 11.5. The highest BCUT2D eigenvalue weighted by molar-refractivity contribution is 6.31. The van der Waals surface area contributed by atoms with Crippen molar-refractivity contribution in [1.29, 1.82) is 0 Å². The SMILES string of the molecule is CCOC(=O)C(=CN=c1nc2ccc(Cl)cc2c2[nH]c3cccc4cccc(c43)n12)C(=O)OCC. The molecule has 0 aliphatic heterocycles. The molecule has 5 rings (SSSR count). The zero-order chi connectivity index (χ0) is 24.5. The fraction of sp³-hybridized carbons (Fsp3) is 0.154. The summed E-state index contributed by atoms with van der Waals surface area (Å²) >= 11 is 6.31. The van der Waals surface area contributed by atoms with Gasteiger partial charge in [0.25, 0.3) is 0 Å². The summed E-state index contributed by atoms with van der Waals surface area (Å²) < 4.78 is 11.9. The number of nitrogens with one attached hydrogen (secondary N) is 1. The number of aromatic nitrogens is 3. The summed E-state index contributed by atoms with van der Waals surface area (Å²) in [5.41, 5.74) is 3.08. The van der Waals surface area contributed by atoms with E-state index in [1.54, 1.807) is 26.0 Å². The van der Waals surface area contributed by atoms with Crippen LogP contribution in [-0.4, -0.2) is 39.5 Å². The van der Waals surface area contributed by atoms with Gasteiger partial charge in [-0.1, -0.05) is 35.9 Å². The lowest BCUT2D eigenvalue weighted by Crippen LogP contribution is -2.22. The molecule has 35 heavy (non-hydrogen) atoms. The molecule has 0 radical (unpaired) electrons. The fourth-order valence-electron chi connectivity index (χ4n) is 4.08. The van der Waals surface area contributed by atoms with Gasteiger partial charge >= 0.3 is 11.9 Å². The van der Waals surface area contributed by atoms with Crippen molar-refractivity contribution in [3.05, 3.63) is 77.0 Å². The second-order valence-electron chi connectivity index (χ2n) is 7.68. The normalized spacial score (nSPS) is 11.9. The van der Waals surface area contributed by atoms with Crippen LogP contribution in [0.25, 0.3) is 38.4 Å². The smallest absolute Gasteiger partial charge is 0.347 e. The molecule has 3 aromatic carbocycles. The minimum Gasteiger partial charge on any atom is -0.462 e. The summed E-state index contributed by atoms with van der Waals surface area (Å²) in [6, 6.07) is 17.3. The first-order chi connectivity index (χ1) is 17.0. The highest BCUT2D eigenvalue weighted by Gasteiger charge is 2.21. The average molecular weight is 489 g/mol. The molecule has 0 unspecified atom stereocenters. The molecule has 8 nitrogen and oxygen atoms in total. The third kappa shape index (κ3) is 4.02. The van der Waals surface area contributed by atoms with Crippen molar-refractivity contribution < 1.29 is 19.1 Å². The number of rotatable bonds is 5. The van der Waals surface area contributed by atoms with Crippen molar-refractivity contribution in [2.24, 2.45) is 4.99 Å². The quantitative estimate of drug-likeness (QED) is 0.0966. The van der Waals surface area contributed by atoms with Gasteiger partial charge in [0.1, 0.15) is 5.65 Å². The number of hydrogen-bond acceptors (Lipinski definition) is 6. The molecule has 0 bridgehead atoms. The topological polar surface area (TPSA) is 98.0 Å². The van der Waals surface area contributed by atoms with Crippen molar-refractivity contribution in [3.8, 4) is 0 Å². The molecule has 0 spiro atoms. The predicted molar refractivity (Wildman–Crippen MR) is 134 cm³/mol. The number of carbonyl (C=O) groups excluding carboxylic acids is 2. The van der Waals surface area contributed by atoms with E-state index in [4.69, 9.17) is 26.1 Å². The first-order valence-electron chi connectivity index (χ1n) is 11.1. The molecule has 0 saturated carbocycles. The van der Waals surface area contributed by atoms with Crippen LogP contribution in [0.3, 0.4) is 0 Å². The maximum Gasteiger partial charge on any atom is 0.347 e. The Hall–Kier alpha value is -4.17. The van der Waals surface area contributed by atoms with Crippen LogP contribution in [0.15, 0.2) is 71.4 Å². The summed E-state index contributed by atoms with van der Waals surface area (Å²) in [5, 5.41) is 3.39. The van der Waals surface area contributed by atoms with E-state index in [1.807, 2.05) is 46.9 Å². The van der Waals surface area contributed by atoms with Crippen LogP contribution >= 0.6 is 11.6 Å². The van der Waals surface area contributed by atoms with E-state index in [1.165, 1.54) is 0 Å². The first kappa shape index (κ1) is 22.6. The monoisotopic (exact) mass is 488 g/mol. The van der Waals surface area contributed by atoms with Gasteiger partial charge in [-0.15, -0.1) is 0 Å². The van der Waals surface area contributed by atoms with Crippen LogP contribution in [0.2, 0.25) is 5.02 Å². The highest BCUT2D eigenvalue weighted by Crippen LogP contribution is 2.28. The van der Waals surface area contributed by atoms with Crippen LogP contribution in [0, 0.1) is 0 Å². The number of hydrogen-bond donors (Lipinski definition) is 1. The molecular weight excluding hydrogens is 468 g/mol. The van der Waals surface area contributed by atoms with E-state index >= 15 is 0 Å². The minimum absolute atomic E-state index is 0.109.